The number of fused-ring (bicyclic) bond motifs is 1. The largest absolute Gasteiger partial charge is 0.306 e. The predicted molar refractivity (Wildman–Crippen MR) is 80.3 cm³/mol. The summed E-state index contributed by atoms with van der Waals surface area (Å²) in [4.78, 5) is 8.60. The molecule has 0 fully saturated rings. The van der Waals surface area contributed by atoms with Crippen molar-refractivity contribution < 1.29 is 0 Å². The van der Waals surface area contributed by atoms with Crippen molar-refractivity contribution in [3.05, 3.63) is 66.9 Å². The molecule has 0 saturated carbocycles. The van der Waals surface area contributed by atoms with Crippen molar-refractivity contribution in [2.24, 2.45) is 0 Å². The SMILES string of the molecule is Cc1ccc2nc(-c3ccc(-n4ccnc4)cc3)nn2c1. The van der Waals surface area contributed by atoms with Gasteiger partial charge in [0.1, 0.15) is 0 Å². The van der Waals surface area contributed by atoms with Crippen LogP contribution in [-0.2, 0) is 0 Å². The molecule has 3 heterocycles. The van der Waals surface area contributed by atoms with Crippen LogP contribution in [0.4, 0.5) is 0 Å². The van der Waals surface area contributed by atoms with E-state index in [0.29, 0.717) is 0 Å². The van der Waals surface area contributed by atoms with Gasteiger partial charge in [0.05, 0.1) is 6.33 Å². The van der Waals surface area contributed by atoms with E-state index in [2.05, 4.69) is 15.1 Å². The first-order chi connectivity index (χ1) is 10.3. The molecule has 21 heavy (non-hydrogen) atoms. The minimum Gasteiger partial charge on any atom is -0.306 e. The second-order valence-electron chi connectivity index (χ2n) is 4.96. The standard InChI is InChI=1S/C16H13N5/c1-12-2-7-15-18-16(19-21(15)10-12)13-3-5-14(6-4-13)20-9-8-17-11-20/h2-11H,1H3. The minimum absolute atomic E-state index is 0.734. The molecule has 0 unspecified atom stereocenters. The Labute approximate surface area is 121 Å². The van der Waals surface area contributed by atoms with Gasteiger partial charge in [0, 0.05) is 29.8 Å². The molecule has 0 saturated heterocycles. The summed E-state index contributed by atoms with van der Waals surface area (Å²) in [7, 11) is 0. The number of nitrogens with zero attached hydrogens (tertiary/aromatic N) is 5. The number of aryl methyl sites for hydroxylation is 1. The van der Waals surface area contributed by atoms with Crippen molar-refractivity contribution in [1.82, 2.24) is 24.1 Å². The van der Waals surface area contributed by atoms with Crippen molar-refractivity contribution >= 4 is 5.65 Å². The van der Waals surface area contributed by atoms with E-state index in [4.69, 9.17) is 0 Å². The van der Waals surface area contributed by atoms with Crippen LogP contribution in [0.15, 0.2) is 61.3 Å². The topological polar surface area (TPSA) is 48.0 Å². The molecule has 0 aliphatic heterocycles. The van der Waals surface area contributed by atoms with E-state index < -0.39 is 0 Å². The van der Waals surface area contributed by atoms with E-state index in [1.807, 2.05) is 64.8 Å². The molecule has 0 bridgehead atoms. The highest BCUT2D eigenvalue weighted by atomic mass is 15.3. The molecule has 4 aromatic rings. The molecule has 0 radical (unpaired) electrons. The summed E-state index contributed by atoms with van der Waals surface area (Å²) in [6, 6.07) is 12.1. The second kappa shape index (κ2) is 4.56. The van der Waals surface area contributed by atoms with Crippen LogP contribution in [-0.4, -0.2) is 24.1 Å². The van der Waals surface area contributed by atoms with Gasteiger partial charge in [-0.05, 0) is 42.8 Å². The number of imidazole rings is 1. The lowest BCUT2D eigenvalue weighted by molar-refractivity contribution is 0.956. The van der Waals surface area contributed by atoms with Crippen LogP contribution in [0.5, 0.6) is 0 Å². The fraction of sp³-hybridized carbons (Fsp3) is 0.0625. The summed E-state index contributed by atoms with van der Waals surface area (Å²) in [5.41, 5.74) is 4.08. The molecule has 3 aromatic heterocycles. The van der Waals surface area contributed by atoms with Crippen LogP contribution in [0.3, 0.4) is 0 Å². The van der Waals surface area contributed by atoms with Crippen molar-refractivity contribution in [2.75, 3.05) is 0 Å². The van der Waals surface area contributed by atoms with Crippen LogP contribution < -0.4 is 0 Å². The molecular formula is C16H13N5. The first kappa shape index (κ1) is 11.8. The van der Waals surface area contributed by atoms with Gasteiger partial charge in [0.2, 0.25) is 0 Å². The van der Waals surface area contributed by atoms with Gasteiger partial charge in [-0.3, -0.25) is 0 Å². The Morgan fingerprint density at radius 2 is 1.86 bits per heavy atom. The van der Waals surface area contributed by atoms with E-state index in [1.165, 1.54) is 0 Å². The molecule has 1 aromatic carbocycles. The molecule has 5 heteroatoms. The average Bonchev–Trinajstić information content (AvgIpc) is 3.16. The van der Waals surface area contributed by atoms with E-state index in [0.717, 1.165) is 28.3 Å². The van der Waals surface area contributed by atoms with Crippen molar-refractivity contribution in [3.63, 3.8) is 0 Å². The molecule has 0 aliphatic carbocycles. The molecule has 5 nitrogen and oxygen atoms in total. The summed E-state index contributed by atoms with van der Waals surface area (Å²) >= 11 is 0. The number of hydrogen-bond acceptors (Lipinski definition) is 3. The Bertz CT molecular complexity index is 888. The lowest BCUT2D eigenvalue weighted by atomic mass is 10.2. The van der Waals surface area contributed by atoms with Gasteiger partial charge in [-0.15, -0.1) is 5.10 Å². The van der Waals surface area contributed by atoms with Crippen molar-refractivity contribution in [2.45, 2.75) is 6.92 Å². The van der Waals surface area contributed by atoms with Gasteiger partial charge in [0.15, 0.2) is 11.5 Å². The van der Waals surface area contributed by atoms with Crippen LogP contribution >= 0.6 is 0 Å². The minimum atomic E-state index is 0.734. The number of pyridine rings is 1. The number of hydrogen-bond donors (Lipinski definition) is 0. The first-order valence-electron chi connectivity index (χ1n) is 6.71. The monoisotopic (exact) mass is 275 g/mol. The Hall–Kier alpha value is -2.95. The maximum Gasteiger partial charge on any atom is 0.182 e. The molecule has 4 rings (SSSR count). The summed E-state index contributed by atoms with van der Waals surface area (Å²) in [5.74, 6) is 0.734. The Morgan fingerprint density at radius 3 is 2.62 bits per heavy atom. The smallest absolute Gasteiger partial charge is 0.182 e. The Balaban J connectivity index is 1.74. The maximum absolute atomic E-state index is 4.55. The molecule has 102 valence electrons. The van der Waals surface area contributed by atoms with E-state index in [-0.39, 0.29) is 0 Å². The van der Waals surface area contributed by atoms with Crippen LogP contribution in [0, 0.1) is 6.92 Å². The van der Waals surface area contributed by atoms with Gasteiger partial charge in [-0.25, -0.2) is 14.5 Å². The lowest BCUT2D eigenvalue weighted by Gasteiger charge is -2.02. The zero-order valence-corrected chi connectivity index (χ0v) is 11.5. The molecule has 0 atom stereocenters. The third-order valence-corrected chi connectivity index (χ3v) is 3.41. The molecule has 0 amide bonds. The molecule has 0 N–H and O–H groups in total. The van der Waals surface area contributed by atoms with Crippen LogP contribution in [0.25, 0.3) is 22.7 Å². The number of benzene rings is 1. The highest BCUT2D eigenvalue weighted by Crippen LogP contribution is 2.18. The van der Waals surface area contributed by atoms with Crippen molar-refractivity contribution in [3.8, 4) is 17.1 Å². The zero-order chi connectivity index (χ0) is 14.2. The highest BCUT2D eigenvalue weighted by Gasteiger charge is 2.06. The van der Waals surface area contributed by atoms with E-state index in [1.54, 1.807) is 12.5 Å². The van der Waals surface area contributed by atoms with Crippen molar-refractivity contribution in [1.29, 1.82) is 0 Å². The average molecular weight is 275 g/mol. The molecule has 0 spiro atoms. The second-order valence-corrected chi connectivity index (χ2v) is 4.96. The highest BCUT2D eigenvalue weighted by molar-refractivity contribution is 5.60. The van der Waals surface area contributed by atoms with Gasteiger partial charge in [0.25, 0.3) is 0 Å². The predicted octanol–water partition coefficient (Wildman–Crippen LogP) is 2.89. The lowest BCUT2D eigenvalue weighted by Crippen LogP contribution is -1.90. The van der Waals surface area contributed by atoms with Crippen LogP contribution in [0.2, 0.25) is 0 Å². The third-order valence-electron chi connectivity index (χ3n) is 3.41. The van der Waals surface area contributed by atoms with E-state index >= 15 is 0 Å². The quantitative estimate of drug-likeness (QED) is 0.565. The normalized spacial score (nSPS) is 11.1. The zero-order valence-electron chi connectivity index (χ0n) is 11.5. The summed E-state index contributed by atoms with van der Waals surface area (Å²) < 4.78 is 3.78. The maximum atomic E-state index is 4.55. The van der Waals surface area contributed by atoms with Crippen LogP contribution in [0.1, 0.15) is 5.56 Å². The summed E-state index contributed by atoms with van der Waals surface area (Å²) in [6.45, 7) is 2.04. The summed E-state index contributed by atoms with van der Waals surface area (Å²) in [5, 5.41) is 4.52. The molecular weight excluding hydrogens is 262 g/mol. The van der Waals surface area contributed by atoms with Gasteiger partial charge < -0.3 is 4.57 Å². The summed E-state index contributed by atoms with van der Waals surface area (Å²) in [6.07, 6.45) is 7.44. The number of aromatic nitrogens is 5. The van der Waals surface area contributed by atoms with Gasteiger partial charge in [-0.2, -0.15) is 0 Å². The first-order valence-corrected chi connectivity index (χ1v) is 6.71. The Morgan fingerprint density at radius 1 is 1.00 bits per heavy atom. The fourth-order valence-corrected chi connectivity index (χ4v) is 2.30. The van der Waals surface area contributed by atoms with E-state index in [9.17, 15) is 0 Å². The number of rotatable bonds is 2. The molecule has 0 aliphatic rings. The van der Waals surface area contributed by atoms with Gasteiger partial charge in [-0.1, -0.05) is 6.07 Å². The third kappa shape index (κ3) is 2.08. The fourth-order valence-electron chi connectivity index (χ4n) is 2.30. The van der Waals surface area contributed by atoms with Gasteiger partial charge >= 0.3 is 0 Å². The Kier molecular flexibility index (Phi) is 2.57.